The minimum Gasteiger partial charge on any atom is -0.338 e. The lowest BCUT2D eigenvalue weighted by molar-refractivity contribution is -0.138. The van der Waals surface area contributed by atoms with E-state index in [1.807, 2.05) is 37.8 Å². The first-order valence-electron chi connectivity index (χ1n) is 13.6. The molecule has 9 heteroatoms. The molecule has 0 saturated carbocycles. The van der Waals surface area contributed by atoms with E-state index in [1.54, 1.807) is 29.2 Å². The third kappa shape index (κ3) is 7.91. The number of alkyl halides is 6. The van der Waals surface area contributed by atoms with Crippen LogP contribution in [0.5, 0.6) is 0 Å². The maximum Gasteiger partial charge on any atom is 0.416 e. The van der Waals surface area contributed by atoms with Crippen LogP contribution in [0, 0.1) is 18.8 Å². The minimum atomic E-state index is -4.51. The highest BCUT2D eigenvalue weighted by molar-refractivity contribution is 5.94. The van der Waals surface area contributed by atoms with Gasteiger partial charge in [0.25, 0.3) is 5.91 Å². The van der Waals surface area contributed by atoms with E-state index in [9.17, 15) is 31.1 Å². The Bertz CT molecular complexity index is 1330. The van der Waals surface area contributed by atoms with E-state index in [2.05, 4.69) is 0 Å². The number of hydrogen-bond donors (Lipinski definition) is 0. The van der Waals surface area contributed by atoms with E-state index in [0.717, 1.165) is 29.8 Å². The Balaban J connectivity index is 1.64. The number of rotatable bonds is 8. The molecule has 220 valence electrons. The van der Waals surface area contributed by atoms with Gasteiger partial charge in [0.05, 0.1) is 11.1 Å². The monoisotopic (exact) mass is 576 g/mol. The second-order valence-corrected chi connectivity index (χ2v) is 11.4. The average molecular weight is 577 g/mol. The molecule has 1 amide bonds. The fraction of sp³-hybridized carbons (Fsp3) is 0.406. The first-order chi connectivity index (χ1) is 19.2. The Labute approximate surface area is 236 Å². The summed E-state index contributed by atoms with van der Waals surface area (Å²) < 4.78 is 80.6. The van der Waals surface area contributed by atoms with Crippen LogP contribution >= 0.6 is 0 Å². The molecule has 1 fully saturated rings. The van der Waals surface area contributed by atoms with E-state index in [1.165, 1.54) is 12.1 Å². The van der Waals surface area contributed by atoms with Gasteiger partial charge in [0.15, 0.2) is 0 Å². The van der Waals surface area contributed by atoms with Gasteiger partial charge in [-0.05, 0) is 54.2 Å². The van der Waals surface area contributed by atoms with E-state index < -0.39 is 23.5 Å². The van der Waals surface area contributed by atoms with E-state index in [-0.39, 0.29) is 30.2 Å². The normalized spacial score (nSPS) is 18.2. The standard InChI is InChI=1S/C32H34F6N2O/c1-21(2)16-40(30(41)24-12-10-22(3)11-13-24)19-26-18-39(17-23-6-4-8-27(14-23)31(33,34)35)20-29(26)25-7-5-9-28(15-25)32(36,37)38/h4-15,21,26,29H,16-20H2,1-3H3/t26-,29-/m0/s1. The Morgan fingerprint density at radius 2 is 1.49 bits per heavy atom. The van der Waals surface area contributed by atoms with Gasteiger partial charge >= 0.3 is 12.4 Å². The number of hydrogen-bond acceptors (Lipinski definition) is 2. The summed E-state index contributed by atoms with van der Waals surface area (Å²) in [6, 6.07) is 17.6. The van der Waals surface area contributed by atoms with E-state index in [0.29, 0.717) is 42.9 Å². The van der Waals surface area contributed by atoms with Crippen molar-refractivity contribution in [3.8, 4) is 0 Å². The summed E-state index contributed by atoms with van der Waals surface area (Å²) in [4.78, 5) is 17.3. The minimum absolute atomic E-state index is 0.152. The van der Waals surface area contributed by atoms with Gasteiger partial charge in [-0.2, -0.15) is 26.3 Å². The summed E-state index contributed by atoms with van der Waals surface area (Å²) in [7, 11) is 0. The molecular weight excluding hydrogens is 542 g/mol. The summed E-state index contributed by atoms with van der Waals surface area (Å²) in [5, 5.41) is 0. The topological polar surface area (TPSA) is 23.6 Å². The summed E-state index contributed by atoms with van der Waals surface area (Å²) >= 11 is 0. The second-order valence-electron chi connectivity index (χ2n) is 11.4. The Hall–Kier alpha value is -3.33. The van der Waals surface area contributed by atoms with Crippen molar-refractivity contribution in [1.29, 1.82) is 0 Å². The highest BCUT2D eigenvalue weighted by atomic mass is 19.4. The number of carbonyl (C=O) groups is 1. The van der Waals surface area contributed by atoms with Crippen molar-refractivity contribution >= 4 is 5.91 Å². The van der Waals surface area contributed by atoms with Gasteiger partial charge in [0, 0.05) is 44.2 Å². The lowest BCUT2D eigenvalue weighted by atomic mass is 9.87. The number of nitrogens with zero attached hydrogens (tertiary/aromatic N) is 2. The molecule has 0 N–H and O–H groups in total. The molecule has 1 aliphatic rings. The molecule has 3 aromatic rings. The van der Waals surface area contributed by atoms with Crippen LogP contribution in [0.3, 0.4) is 0 Å². The zero-order chi connectivity index (χ0) is 29.9. The summed E-state index contributed by atoms with van der Waals surface area (Å²) in [5.41, 5.74) is 1.03. The maximum atomic E-state index is 13.6. The van der Waals surface area contributed by atoms with Gasteiger partial charge in [-0.25, -0.2) is 0 Å². The molecule has 0 bridgehead atoms. The predicted octanol–water partition coefficient (Wildman–Crippen LogP) is 8.05. The summed E-state index contributed by atoms with van der Waals surface area (Å²) in [6.45, 7) is 7.69. The number of aryl methyl sites for hydroxylation is 1. The number of halogens is 6. The molecule has 3 nitrogen and oxygen atoms in total. The molecule has 0 aromatic heterocycles. The molecule has 0 aliphatic carbocycles. The van der Waals surface area contributed by atoms with Crippen molar-refractivity contribution in [2.24, 2.45) is 11.8 Å². The fourth-order valence-corrected chi connectivity index (χ4v) is 5.55. The highest BCUT2D eigenvalue weighted by Crippen LogP contribution is 2.38. The van der Waals surface area contributed by atoms with Crippen LogP contribution in [-0.2, 0) is 18.9 Å². The molecule has 1 heterocycles. The average Bonchev–Trinajstić information content (AvgIpc) is 3.29. The summed E-state index contributed by atoms with van der Waals surface area (Å²) in [5.74, 6) is -0.571. The lowest BCUT2D eigenvalue weighted by Gasteiger charge is -2.30. The number of likely N-dealkylation sites (tertiary alicyclic amines) is 1. The Morgan fingerprint density at radius 3 is 2.10 bits per heavy atom. The first-order valence-corrected chi connectivity index (χ1v) is 13.6. The van der Waals surface area contributed by atoms with Crippen LogP contribution in [0.2, 0.25) is 0 Å². The molecule has 41 heavy (non-hydrogen) atoms. The molecule has 1 saturated heterocycles. The van der Waals surface area contributed by atoms with Crippen LogP contribution in [0.1, 0.15) is 57.9 Å². The Morgan fingerprint density at radius 1 is 0.878 bits per heavy atom. The van der Waals surface area contributed by atoms with Crippen molar-refractivity contribution in [3.63, 3.8) is 0 Å². The van der Waals surface area contributed by atoms with Crippen molar-refractivity contribution in [2.45, 2.75) is 45.6 Å². The van der Waals surface area contributed by atoms with E-state index >= 15 is 0 Å². The number of carbonyl (C=O) groups excluding carboxylic acids is 1. The van der Waals surface area contributed by atoms with Crippen molar-refractivity contribution < 1.29 is 31.1 Å². The predicted molar refractivity (Wildman–Crippen MR) is 146 cm³/mol. The molecule has 0 unspecified atom stereocenters. The van der Waals surface area contributed by atoms with Gasteiger partial charge in [0.2, 0.25) is 0 Å². The quantitative estimate of drug-likeness (QED) is 0.254. The SMILES string of the molecule is Cc1ccc(C(=O)N(CC(C)C)C[C@@H]2CN(Cc3cccc(C(F)(F)F)c3)C[C@H]2c2cccc(C(F)(F)F)c2)cc1. The maximum absolute atomic E-state index is 13.6. The van der Waals surface area contributed by atoms with Gasteiger partial charge < -0.3 is 4.90 Å². The Kier molecular flexibility index (Phi) is 9.16. The molecule has 2 atom stereocenters. The van der Waals surface area contributed by atoms with Gasteiger partial charge in [-0.3, -0.25) is 9.69 Å². The van der Waals surface area contributed by atoms with Gasteiger partial charge in [-0.15, -0.1) is 0 Å². The van der Waals surface area contributed by atoms with Crippen LogP contribution in [-0.4, -0.2) is 41.9 Å². The van der Waals surface area contributed by atoms with Crippen LogP contribution in [0.4, 0.5) is 26.3 Å². The second kappa shape index (κ2) is 12.3. The van der Waals surface area contributed by atoms with Gasteiger partial charge in [-0.1, -0.05) is 67.9 Å². The lowest BCUT2D eigenvalue weighted by Crippen LogP contribution is -2.39. The van der Waals surface area contributed by atoms with Gasteiger partial charge in [0.1, 0.15) is 0 Å². The fourth-order valence-electron chi connectivity index (χ4n) is 5.55. The third-order valence-corrected chi connectivity index (χ3v) is 7.45. The molecule has 1 aliphatic heterocycles. The van der Waals surface area contributed by atoms with Crippen molar-refractivity contribution in [2.75, 3.05) is 26.2 Å². The zero-order valence-electron chi connectivity index (χ0n) is 23.3. The first kappa shape index (κ1) is 30.6. The van der Waals surface area contributed by atoms with Crippen LogP contribution in [0.25, 0.3) is 0 Å². The molecule has 4 rings (SSSR count). The van der Waals surface area contributed by atoms with Crippen molar-refractivity contribution in [3.05, 3.63) is 106 Å². The van der Waals surface area contributed by atoms with Crippen LogP contribution in [0.15, 0.2) is 72.8 Å². The smallest absolute Gasteiger partial charge is 0.338 e. The molecule has 0 radical (unpaired) electrons. The molecule has 3 aromatic carbocycles. The molecule has 0 spiro atoms. The zero-order valence-corrected chi connectivity index (χ0v) is 23.3. The van der Waals surface area contributed by atoms with Crippen LogP contribution < -0.4 is 0 Å². The van der Waals surface area contributed by atoms with E-state index in [4.69, 9.17) is 0 Å². The summed E-state index contributed by atoms with van der Waals surface area (Å²) in [6.07, 6.45) is -8.98. The molecular formula is C32H34F6N2O. The third-order valence-electron chi connectivity index (χ3n) is 7.45. The largest absolute Gasteiger partial charge is 0.416 e. The highest BCUT2D eigenvalue weighted by Gasteiger charge is 2.38. The number of amides is 1. The van der Waals surface area contributed by atoms with Crippen molar-refractivity contribution in [1.82, 2.24) is 9.80 Å². The number of benzene rings is 3.